The number of carbonyl (C=O) groups excluding carboxylic acids is 1. The monoisotopic (exact) mass is 383 g/mol. The van der Waals surface area contributed by atoms with E-state index in [1.54, 1.807) is 18.0 Å². The van der Waals surface area contributed by atoms with Crippen molar-refractivity contribution in [2.24, 2.45) is 29.6 Å². The molecule has 0 amide bonds. The number of ether oxygens (including phenoxy) is 1. The number of fused-ring (bicyclic) bond motifs is 2. The van der Waals surface area contributed by atoms with E-state index in [2.05, 4.69) is 37.9 Å². The Labute approximate surface area is 166 Å². The average Bonchev–Trinajstić information content (AvgIpc) is 3.24. The maximum atomic E-state index is 13.2. The number of esters is 1. The summed E-state index contributed by atoms with van der Waals surface area (Å²) >= 11 is 1.64. The van der Waals surface area contributed by atoms with Crippen molar-refractivity contribution in [2.75, 3.05) is 0 Å². The van der Waals surface area contributed by atoms with Gasteiger partial charge in [-0.1, -0.05) is 57.2 Å². The zero-order chi connectivity index (χ0) is 19.0. The summed E-state index contributed by atoms with van der Waals surface area (Å²) in [4.78, 5) is 18.8. The molecule has 0 aliphatic heterocycles. The van der Waals surface area contributed by atoms with E-state index in [1.165, 1.54) is 6.42 Å². The molecule has 5 atom stereocenters. The Morgan fingerprint density at radius 2 is 2.00 bits per heavy atom. The Morgan fingerprint density at radius 3 is 2.74 bits per heavy atom. The Hall–Kier alpha value is -1.55. The van der Waals surface area contributed by atoms with Gasteiger partial charge in [-0.05, 0) is 49.1 Å². The lowest BCUT2D eigenvalue weighted by molar-refractivity contribution is -0.151. The van der Waals surface area contributed by atoms with Crippen LogP contribution in [0.25, 0.3) is 0 Å². The van der Waals surface area contributed by atoms with Crippen LogP contribution in [0, 0.1) is 29.6 Å². The molecule has 0 unspecified atom stereocenters. The molecule has 4 rings (SSSR count). The molecule has 144 valence electrons. The molecule has 3 aliphatic rings. The molecule has 0 spiro atoms. The number of allylic oxidation sites excluding steroid dienone is 3. The van der Waals surface area contributed by atoms with E-state index in [0.717, 1.165) is 34.8 Å². The van der Waals surface area contributed by atoms with Gasteiger partial charge in [0.25, 0.3) is 0 Å². The number of aromatic nitrogens is 1. The SMILES string of the molecule is CC(C)[C@H]1CC[C@H](C)C[C@@H]1OC(=O)C1=C(Sc2ccccn2)[C@@H]2C=C[C@H]1C2. The molecule has 3 aliphatic carbocycles. The Kier molecular flexibility index (Phi) is 5.45. The van der Waals surface area contributed by atoms with E-state index >= 15 is 0 Å². The highest BCUT2D eigenvalue weighted by Gasteiger charge is 2.42. The van der Waals surface area contributed by atoms with E-state index < -0.39 is 0 Å². The predicted octanol–water partition coefficient (Wildman–Crippen LogP) is 5.64. The first kappa shape index (κ1) is 18.8. The summed E-state index contributed by atoms with van der Waals surface area (Å²) in [6.45, 7) is 6.78. The van der Waals surface area contributed by atoms with Gasteiger partial charge in [-0.3, -0.25) is 0 Å². The van der Waals surface area contributed by atoms with Gasteiger partial charge in [-0.15, -0.1) is 0 Å². The fraction of sp³-hybridized carbons (Fsp3) is 0.565. The molecular weight excluding hydrogens is 354 g/mol. The van der Waals surface area contributed by atoms with Crippen LogP contribution < -0.4 is 0 Å². The summed E-state index contributed by atoms with van der Waals surface area (Å²) in [6, 6.07) is 5.92. The predicted molar refractivity (Wildman–Crippen MR) is 109 cm³/mol. The zero-order valence-corrected chi connectivity index (χ0v) is 17.2. The van der Waals surface area contributed by atoms with Crippen LogP contribution in [-0.2, 0) is 9.53 Å². The molecule has 1 aromatic heterocycles. The van der Waals surface area contributed by atoms with Crippen LogP contribution in [0.4, 0.5) is 0 Å². The number of carbonyl (C=O) groups is 1. The lowest BCUT2D eigenvalue weighted by Gasteiger charge is -2.37. The smallest absolute Gasteiger partial charge is 0.335 e. The lowest BCUT2D eigenvalue weighted by Crippen LogP contribution is -2.36. The summed E-state index contributed by atoms with van der Waals surface area (Å²) in [5.41, 5.74) is 0.888. The topological polar surface area (TPSA) is 39.2 Å². The third kappa shape index (κ3) is 3.87. The highest BCUT2D eigenvalue weighted by atomic mass is 32.2. The molecule has 1 heterocycles. The van der Waals surface area contributed by atoms with Gasteiger partial charge in [-0.2, -0.15) is 0 Å². The van der Waals surface area contributed by atoms with Crippen molar-refractivity contribution in [1.82, 2.24) is 4.98 Å². The van der Waals surface area contributed by atoms with E-state index in [9.17, 15) is 4.79 Å². The van der Waals surface area contributed by atoms with E-state index in [1.807, 2.05) is 18.2 Å². The standard InChI is InChI=1S/C23H29NO2S/c1-14(2)18-10-7-15(3)12-19(18)26-23(25)21-16-8-9-17(13-16)22(21)27-20-6-4-5-11-24-20/h4-6,8-9,11,14-19H,7,10,12-13H2,1-3H3/t15-,16-,17+,18+,19-/m0/s1. The Bertz CT molecular complexity index is 755. The molecule has 1 aromatic rings. The molecule has 0 aromatic carbocycles. The molecule has 1 fully saturated rings. The van der Waals surface area contributed by atoms with Crippen molar-refractivity contribution in [3.8, 4) is 0 Å². The number of thioether (sulfide) groups is 1. The molecule has 4 heteroatoms. The van der Waals surface area contributed by atoms with E-state index in [-0.39, 0.29) is 18.0 Å². The minimum absolute atomic E-state index is 0.0537. The van der Waals surface area contributed by atoms with Crippen molar-refractivity contribution < 1.29 is 9.53 Å². The van der Waals surface area contributed by atoms with Crippen molar-refractivity contribution in [3.63, 3.8) is 0 Å². The average molecular weight is 384 g/mol. The molecule has 27 heavy (non-hydrogen) atoms. The number of hydrogen-bond acceptors (Lipinski definition) is 4. The maximum Gasteiger partial charge on any atom is 0.335 e. The molecule has 0 radical (unpaired) electrons. The minimum Gasteiger partial charge on any atom is -0.459 e. The number of pyridine rings is 1. The van der Waals surface area contributed by atoms with Crippen molar-refractivity contribution in [3.05, 3.63) is 47.0 Å². The summed E-state index contributed by atoms with van der Waals surface area (Å²) in [7, 11) is 0. The van der Waals surface area contributed by atoms with Gasteiger partial charge in [0.05, 0.1) is 5.57 Å². The largest absolute Gasteiger partial charge is 0.459 e. The molecule has 0 N–H and O–H groups in total. The van der Waals surface area contributed by atoms with Gasteiger partial charge in [0.1, 0.15) is 11.1 Å². The van der Waals surface area contributed by atoms with Gasteiger partial charge < -0.3 is 4.74 Å². The quantitative estimate of drug-likeness (QED) is 0.487. The van der Waals surface area contributed by atoms with Crippen molar-refractivity contribution >= 4 is 17.7 Å². The molecular formula is C23H29NO2S. The third-order valence-corrected chi connectivity index (χ3v) is 7.54. The second-order valence-corrected chi connectivity index (χ2v) is 9.71. The van der Waals surface area contributed by atoms with Crippen LogP contribution in [0.5, 0.6) is 0 Å². The second kappa shape index (κ2) is 7.83. The van der Waals surface area contributed by atoms with Gasteiger partial charge in [-0.25, -0.2) is 9.78 Å². The summed E-state index contributed by atoms with van der Waals surface area (Å²) in [5, 5.41) is 0.949. The summed E-state index contributed by atoms with van der Waals surface area (Å²) in [5.74, 6) is 2.13. The van der Waals surface area contributed by atoms with Crippen LogP contribution in [-0.4, -0.2) is 17.1 Å². The maximum absolute atomic E-state index is 13.2. The normalized spacial score (nSPS) is 32.4. The van der Waals surface area contributed by atoms with Crippen molar-refractivity contribution in [2.45, 2.75) is 57.6 Å². The van der Waals surface area contributed by atoms with Crippen LogP contribution in [0.2, 0.25) is 0 Å². The molecule has 3 nitrogen and oxygen atoms in total. The Morgan fingerprint density at radius 1 is 1.19 bits per heavy atom. The van der Waals surface area contributed by atoms with Crippen LogP contribution in [0.3, 0.4) is 0 Å². The first-order valence-corrected chi connectivity index (χ1v) is 11.1. The summed E-state index contributed by atoms with van der Waals surface area (Å²) < 4.78 is 6.18. The van der Waals surface area contributed by atoms with Gasteiger partial charge >= 0.3 is 5.97 Å². The number of hydrogen-bond donors (Lipinski definition) is 0. The zero-order valence-electron chi connectivity index (χ0n) is 16.4. The van der Waals surface area contributed by atoms with Gasteiger partial charge in [0.15, 0.2) is 0 Å². The van der Waals surface area contributed by atoms with E-state index in [0.29, 0.717) is 23.7 Å². The van der Waals surface area contributed by atoms with Crippen LogP contribution in [0.1, 0.15) is 46.5 Å². The minimum atomic E-state index is -0.0879. The van der Waals surface area contributed by atoms with Crippen LogP contribution in [0.15, 0.2) is 52.1 Å². The number of rotatable bonds is 5. The van der Waals surface area contributed by atoms with Crippen molar-refractivity contribution in [1.29, 1.82) is 0 Å². The lowest BCUT2D eigenvalue weighted by atomic mass is 9.75. The first-order valence-electron chi connectivity index (χ1n) is 10.2. The van der Waals surface area contributed by atoms with Gasteiger partial charge in [0, 0.05) is 22.9 Å². The molecule has 1 saturated carbocycles. The Balaban J connectivity index is 1.55. The summed E-state index contributed by atoms with van der Waals surface area (Å²) in [6.07, 6.45) is 10.7. The second-order valence-electron chi connectivity index (χ2n) is 8.65. The van der Waals surface area contributed by atoms with E-state index in [4.69, 9.17) is 4.74 Å². The first-order chi connectivity index (χ1) is 13.0. The highest BCUT2D eigenvalue weighted by molar-refractivity contribution is 8.03. The van der Waals surface area contributed by atoms with Gasteiger partial charge in [0.2, 0.25) is 0 Å². The molecule has 2 bridgehead atoms. The van der Waals surface area contributed by atoms with Crippen LogP contribution >= 0.6 is 11.8 Å². The third-order valence-electron chi connectivity index (χ3n) is 6.35. The molecule has 0 saturated heterocycles. The fourth-order valence-corrected chi connectivity index (χ4v) is 6.00. The highest BCUT2D eigenvalue weighted by Crippen LogP contribution is 2.50. The number of nitrogens with zero attached hydrogens (tertiary/aromatic N) is 1. The fourth-order valence-electron chi connectivity index (χ4n) is 4.84.